The molecule has 1 aliphatic carbocycles. The number of nitrogens with one attached hydrogen (secondary N) is 1. The minimum atomic E-state index is -0.437. The Bertz CT molecular complexity index is 925. The van der Waals surface area contributed by atoms with Crippen molar-refractivity contribution in [1.29, 1.82) is 0 Å². The van der Waals surface area contributed by atoms with Gasteiger partial charge < -0.3 is 10.6 Å². The molecule has 3 unspecified atom stereocenters. The number of imidazole rings is 1. The number of fused-ring (bicyclic) bond motifs is 1. The van der Waals surface area contributed by atoms with E-state index in [9.17, 15) is 9.59 Å². The molecule has 1 saturated heterocycles. The van der Waals surface area contributed by atoms with E-state index in [1.165, 1.54) is 7.05 Å². The van der Waals surface area contributed by atoms with E-state index >= 15 is 0 Å². The Morgan fingerprint density at radius 2 is 2.08 bits per heavy atom. The van der Waals surface area contributed by atoms with E-state index in [4.69, 9.17) is 5.73 Å². The molecule has 3 heterocycles. The van der Waals surface area contributed by atoms with Gasteiger partial charge in [-0.25, -0.2) is 4.79 Å². The van der Waals surface area contributed by atoms with Gasteiger partial charge in [-0.15, -0.1) is 0 Å². The van der Waals surface area contributed by atoms with Crippen LogP contribution in [0.4, 0.5) is 5.95 Å². The Morgan fingerprint density at radius 3 is 2.71 bits per heavy atom. The fraction of sp³-hybridized carbons (Fsp3) is 0.688. The van der Waals surface area contributed by atoms with Crippen LogP contribution in [0.1, 0.15) is 33.1 Å². The van der Waals surface area contributed by atoms with E-state index in [1.807, 2.05) is 4.57 Å². The summed E-state index contributed by atoms with van der Waals surface area (Å²) < 4.78 is 3.16. The van der Waals surface area contributed by atoms with Gasteiger partial charge in [0.05, 0.1) is 0 Å². The van der Waals surface area contributed by atoms with E-state index in [-0.39, 0.29) is 17.1 Å². The third-order valence-electron chi connectivity index (χ3n) is 5.77. The van der Waals surface area contributed by atoms with Crippen LogP contribution in [0, 0.1) is 5.92 Å². The molecule has 2 aromatic rings. The zero-order valence-corrected chi connectivity index (χ0v) is 14.4. The molecule has 8 nitrogen and oxygen atoms in total. The zero-order valence-electron chi connectivity index (χ0n) is 14.4. The summed E-state index contributed by atoms with van der Waals surface area (Å²) in [4.78, 5) is 34.2. The van der Waals surface area contributed by atoms with Gasteiger partial charge in [0.15, 0.2) is 11.2 Å². The molecule has 1 aliphatic heterocycles. The molecule has 2 aliphatic rings. The third-order valence-corrected chi connectivity index (χ3v) is 5.77. The van der Waals surface area contributed by atoms with Crippen molar-refractivity contribution in [3.05, 3.63) is 20.8 Å². The number of aromatic amines is 1. The van der Waals surface area contributed by atoms with Crippen LogP contribution in [-0.2, 0) is 12.6 Å². The van der Waals surface area contributed by atoms with Crippen molar-refractivity contribution in [1.82, 2.24) is 19.1 Å². The quantitative estimate of drug-likeness (QED) is 0.812. The van der Waals surface area contributed by atoms with E-state index in [0.717, 1.165) is 42.9 Å². The SMILES string of the molecule is CC1CC1(C)n1c(N2CCCC(N)C2)nc2[nH]c(=O)n(C)c(=O)c21. The summed E-state index contributed by atoms with van der Waals surface area (Å²) >= 11 is 0. The van der Waals surface area contributed by atoms with Crippen LogP contribution in [0.5, 0.6) is 0 Å². The number of anilines is 1. The second kappa shape index (κ2) is 4.95. The van der Waals surface area contributed by atoms with Crippen LogP contribution in [0.2, 0.25) is 0 Å². The van der Waals surface area contributed by atoms with Gasteiger partial charge in [0, 0.05) is 31.7 Å². The van der Waals surface area contributed by atoms with Crippen molar-refractivity contribution >= 4 is 17.1 Å². The predicted octanol–water partition coefficient (Wildman–Crippen LogP) is 0.106. The molecule has 1 saturated carbocycles. The number of H-pyrrole nitrogens is 1. The molecular formula is C16H24N6O2. The summed E-state index contributed by atoms with van der Waals surface area (Å²) in [5, 5.41) is 0. The Kier molecular flexibility index (Phi) is 3.19. The number of nitrogens with zero attached hydrogens (tertiary/aromatic N) is 4. The Morgan fingerprint density at radius 1 is 1.38 bits per heavy atom. The Balaban J connectivity index is 2.00. The molecule has 2 fully saturated rings. The van der Waals surface area contributed by atoms with Crippen molar-refractivity contribution in [2.24, 2.45) is 18.7 Å². The first-order valence-electron chi connectivity index (χ1n) is 8.55. The molecule has 130 valence electrons. The number of hydrogen-bond acceptors (Lipinski definition) is 5. The van der Waals surface area contributed by atoms with Crippen LogP contribution in [-0.4, -0.2) is 38.2 Å². The third kappa shape index (κ3) is 2.05. The predicted molar refractivity (Wildman–Crippen MR) is 92.4 cm³/mol. The molecule has 8 heteroatoms. The topological polar surface area (TPSA) is 102 Å². The highest BCUT2D eigenvalue weighted by Crippen LogP contribution is 2.52. The van der Waals surface area contributed by atoms with Gasteiger partial charge in [0.2, 0.25) is 5.95 Å². The van der Waals surface area contributed by atoms with Crippen molar-refractivity contribution in [3.63, 3.8) is 0 Å². The molecule has 4 rings (SSSR count). The van der Waals surface area contributed by atoms with Crippen LogP contribution >= 0.6 is 0 Å². The summed E-state index contributed by atoms with van der Waals surface area (Å²) in [5.74, 6) is 1.22. The summed E-state index contributed by atoms with van der Waals surface area (Å²) in [6, 6.07) is 0.110. The molecule has 3 atom stereocenters. The van der Waals surface area contributed by atoms with Gasteiger partial charge >= 0.3 is 5.69 Å². The summed E-state index contributed by atoms with van der Waals surface area (Å²) in [6.07, 6.45) is 3.00. The van der Waals surface area contributed by atoms with Crippen LogP contribution in [0.15, 0.2) is 9.59 Å². The zero-order chi connectivity index (χ0) is 17.2. The maximum atomic E-state index is 12.8. The molecule has 0 spiro atoms. The summed E-state index contributed by atoms with van der Waals surface area (Å²) in [6.45, 7) is 5.91. The lowest BCUT2D eigenvalue weighted by Crippen LogP contribution is -2.44. The first-order valence-corrected chi connectivity index (χ1v) is 8.55. The van der Waals surface area contributed by atoms with E-state index < -0.39 is 5.69 Å². The number of nitrogens with two attached hydrogens (primary N) is 1. The number of piperidine rings is 1. The van der Waals surface area contributed by atoms with Crippen molar-refractivity contribution in [2.75, 3.05) is 18.0 Å². The van der Waals surface area contributed by atoms with Crippen LogP contribution in [0.25, 0.3) is 11.2 Å². The maximum Gasteiger partial charge on any atom is 0.329 e. The molecular weight excluding hydrogens is 308 g/mol. The standard InChI is InChI=1S/C16H24N6O2/c1-9-7-16(9,2)22-11-12(19-15(24)20(3)13(11)23)18-14(22)21-6-4-5-10(17)8-21/h9-10H,4-8,17H2,1-3H3,(H,19,24). The average molecular weight is 332 g/mol. The number of hydrogen-bond donors (Lipinski definition) is 2. The largest absolute Gasteiger partial charge is 0.341 e. The van der Waals surface area contributed by atoms with Gasteiger partial charge in [-0.2, -0.15) is 4.98 Å². The fourth-order valence-corrected chi connectivity index (χ4v) is 3.89. The molecule has 0 bridgehead atoms. The second-order valence-electron chi connectivity index (χ2n) is 7.55. The Hall–Kier alpha value is -2.09. The van der Waals surface area contributed by atoms with Crippen molar-refractivity contribution in [3.8, 4) is 0 Å². The highest BCUT2D eigenvalue weighted by Gasteiger charge is 2.51. The highest BCUT2D eigenvalue weighted by atomic mass is 16.2. The summed E-state index contributed by atoms with van der Waals surface area (Å²) in [5.41, 5.74) is 6.11. The van der Waals surface area contributed by atoms with E-state index in [0.29, 0.717) is 17.1 Å². The molecule has 3 N–H and O–H groups in total. The fourth-order valence-electron chi connectivity index (χ4n) is 3.89. The lowest BCUT2D eigenvalue weighted by atomic mass is 10.1. The van der Waals surface area contributed by atoms with Gasteiger partial charge in [0.1, 0.15) is 0 Å². The smallest absolute Gasteiger partial charge is 0.329 e. The second-order valence-corrected chi connectivity index (χ2v) is 7.55. The van der Waals surface area contributed by atoms with Crippen LogP contribution < -0.4 is 21.9 Å². The minimum Gasteiger partial charge on any atom is -0.341 e. The monoisotopic (exact) mass is 332 g/mol. The highest BCUT2D eigenvalue weighted by molar-refractivity contribution is 5.75. The first-order chi connectivity index (χ1) is 11.3. The number of aromatic nitrogens is 4. The lowest BCUT2D eigenvalue weighted by Gasteiger charge is -2.33. The van der Waals surface area contributed by atoms with Crippen LogP contribution in [0.3, 0.4) is 0 Å². The normalized spacial score (nSPS) is 30.1. The average Bonchev–Trinajstić information content (AvgIpc) is 2.97. The van der Waals surface area contributed by atoms with Crippen molar-refractivity contribution in [2.45, 2.75) is 44.7 Å². The lowest BCUT2D eigenvalue weighted by molar-refractivity contribution is 0.462. The Labute approximate surface area is 139 Å². The first kappa shape index (κ1) is 15.4. The summed E-state index contributed by atoms with van der Waals surface area (Å²) in [7, 11) is 1.49. The van der Waals surface area contributed by atoms with Gasteiger partial charge in [0.25, 0.3) is 5.56 Å². The van der Waals surface area contributed by atoms with Gasteiger partial charge in [-0.3, -0.25) is 18.9 Å². The van der Waals surface area contributed by atoms with Gasteiger partial charge in [-0.05, 0) is 32.1 Å². The van der Waals surface area contributed by atoms with Crippen molar-refractivity contribution < 1.29 is 0 Å². The maximum absolute atomic E-state index is 12.8. The molecule has 0 radical (unpaired) electrons. The minimum absolute atomic E-state index is 0.110. The van der Waals surface area contributed by atoms with Gasteiger partial charge in [-0.1, -0.05) is 6.92 Å². The molecule has 0 amide bonds. The molecule has 0 aromatic carbocycles. The molecule has 24 heavy (non-hydrogen) atoms. The van der Waals surface area contributed by atoms with E-state index in [1.54, 1.807) is 0 Å². The van der Waals surface area contributed by atoms with E-state index in [2.05, 4.69) is 28.7 Å². The molecule has 2 aromatic heterocycles. The number of rotatable bonds is 2.